The molecule has 2 unspecified atom stereocenters. The number of β-lactam (4-membered cyclic amide) rings is 1. The summed E-state index contributed by atoms with van der Waals surface area (Å²) in [6.45, 7) is 0. The molecule has 1 aliphatic heterocycles. The fourth-order valence-corrected chi connectivity index (χ4v) is 3.45. The molecular formula is C14H12ClN3O5S. The highest BCUT2D eigenvalue weighted by molar-refractivity contribution is 7.14. The van der Waals surface area contributed by atoms with E-state index >= 15 is 0 Å². The van der Waals surface area contributed by atoms with Gasteiger partial charge in [0, 0.05) is 5.38 Å². The Labute approximate surface area is 145 Å². The third-order valence-corrected chi connectivity index (χ3v) is 4.63. The number of carbonyl (C=O) groups is 2. The van der Waals surface area contributed by atoms with Gasteiger partial charge in [0.1, 0.15) is 30.0 Å². The molecule has 24 heavy (non-hydrogen) atoms. The number of halogens is 1. The lowest BCUT2D eigenvalue weighted by atomic mass is 10.00. The molecule has 2 aromatic heterocycles. The average Bonchev–Trinajstić information content (AvgIpc) is 3.27. The van der Waals surface area contributed by atoms with Crippen LogP contribution in [0.4, 0.5) is 5.13 Å². The summed E-state index contributed by atoms with van der Waals surface area (Å²) in [6.07, 6.45) is 1.51. The number of hydrogen-bond acceptors (Lipinski definition) is 8. The summed E-state index contributed by atoms with van der Waals surface area (Å²) in [5.41, 5.74) is 0.153. The Morgan fingerprint density at radius 2 is 2.29 bits per heavy atom. The van der Waals surface area contributed by atoms with Gasteiger partial charge in [-0.1, -0.05) is 5.16 Å². The molecule has 0 aliphatic carbocycles. The lowest BCUT2D eigenvalue weighted by Gasteiger charge is -2.41. The van der Waals surface area contributed by atoms with Gasteiger partial charge in [-0.05, 0) is 12.1 Å². The van der Waals surface area contributed by atoms with E-state index in [1.54, 1.807) is 17.5 Å². The molecule has 0 spiro atoms. The Hall–Kier alpha value is -2.39. The minimum atomic E-state index is -0.726. The fourth-order valence-electron chi connectivity index (χ4n) is 2.26. The fraction of sp³-hybridized carbons (Fsp3) is 0.286. The van der Waals surface area contributed by atoms with E-state index in [0.29, 0.717) is 10.9 Å². The predicted molar refractivity (Wildman–Crippen MR) is 86.3 cm³/mol. The number of carbonyl (C=O) groups excluding carboxylic acids is 2. The molecule has 1 amide bonds. The van der Waals surface area contributed by atoms with Gasteiger partial charge in [-0.25, -0.2) is 9.78 Å². The highest BCUT2D eigenvalue weighted by Gasteiger charge is 2.50. The summed E-state index contributed by atoms with van der Waals surface area (Å²) >= 11 is 7.27. The van der Waals surface area contributed by atoms with Crippen LogP contribution < -0.4 is 4.90 Å². The second-order valence-corrected chi connectivity index (χ2v) is 6.01. The molecule has 0 bridgehead atoms. The molecule has 0 N–H and O–H groups in total. The molecule has 3 rings (SSSR count). The number of oxime groups is 1. The highest BCUT2D eigenvalue weighted by atomic mass is 35.5. The summed E-state index contributed by atoms with van der Waals surface area (Å²) in [4.78, 5) is 34.2. The van der Waals surface area contributed by atoms with Crippen LogP contribution in [0.5, 0.6) is 0 Å². The number of esters is 1. The Kier molecular flexibility index (Phi) is 4.54. The predicted octanol–water partition coefficient (Wildman–Crippen LogP) is 1.95. The van der Waals surface area contributed by atoms with Gasteiger partial charge in [0.15, 0.2) is 5.13 Å². The summed E-state index contributed by atoms with van der Waals surface area (Å²) in [7, 11) is 2.53. The highest BCUT2D eigenvalue weighted by Crippen LogP contribution is 2.43. The number of methoxy groups -OCH3 is 1. The normalized spacial score (nSPS) is 20.7. The molecule has 2 atom stereocenters. The van der Waals surface area contributed by atoms with Crippen molar-refractivity contribution < 1.29 is 23.6 Å². The SMILES string of the molecule is CO/N=C(\C(=O)OC)c1csc(N2C(=O)C(Cl)C2c2ccco2)n1. The van der Waals surface area contributed by atoms with Crippen LogP contribution in [0.15, 0.2) is 33.3 Å². The average molecular weight is 370 g/mol. The maximum absolute atomic E-state index is 12.1. The van der Waals surface area contributed by atoms with E-state index in [9.17, 15) is 9.59 Å². The van der Waals surface area contributed by atoms with Crippen molar-refractivity contribution >= 4 is 45.7 Å². The van der Waals surface area contributed by atoms with Gasteiger partial charge in [0.05, 0.1) is 13.4 Å². The first-order valence-corrected chi connectivity index (χ1v) is 8.06. The molecule has 8 nitrogen and oxygen atoms in total. The Balaban J connectivity index is 1.91. The number of thiazole rings is 1. The van der Waals surface area contributed by atoms with Gasteiger partial charge in [-0.3, -0.25) is 9.69 Å². The molecule has 1 fully saturated rings. The van der Waals surface area contributed by atoms with Crippen molar-refractivity contribution in [2.45, 2.75) is 11.4 Å². The Bertz CT molecular complexity index is 788. The van der Waals surface area contributed by atoms with E-state index in [4.69, 9.17) is 16.0 Å². The standard InChI is InChI=1S/C14H12ClN3O5S/c1-21-13(20)10(17-22-2)7-6-24-14(16-7)18-11(9(15)12(18)19)8-4-3-5-23-8/h3-6,9,11H,1-2H3/b17-10-. The summed E-state index contributed by atoms with van der Waals surface area (Å²) < 4.78 is 9.98. The summed E-state index contributed by atoms with van der Waals surface area (Å²) in [5, 5.41) is 4.85. The van der Waals surface area contributed by atoms with Crippen LogP contribution in [0.25, 0.3) is 0 Å². The molecule has 0 radical (unpaired) electrons. The Morgan fingerprint density at radius 3 is 2.92 bits per heavy atom. The van der Waals surface area contributed by atoms with E-state index < -0.39 is 17.4 Å². The van der Waals surface area contributed by atoms with Crippen LogP contribution in [0.2, 0.25) is 0 Å². The second-order valence-electron chi connectivity index (χ2n) is 4.70. The van der Waals surface area contributed by atoms with Crippen LogP contribution in [0.3, 0.4) is 0 Å². The van der Waals surface area contributed by atoms with Crippen LogP contribution in [-0.4, -0.2) is 42.2 Å². The molecule has 3 heterocycles. The largest absolute Gasteiger partial charge is 0.467 e. The molecular weight excluding hydrogens is 358 g/mol. The van der Waals surface area contributed by atoms with Gasteiger partial charge in [-0.15, -0.1) is 22.9 Å². The maximum Gasteiger partial charge on any atom is 0.362 e. The van der Waals surface area contributed by atoms with Gasteiger partial charge in [-0.2, -0.15) is 0 Å². The number of anilines is 1. The Morgan fingerprint density at radius 1 is 1.50 bits per heavy atom. The number of nitrogens with zero attached hydrogens (tertiary/aromatic N) is 3. The molecule has 10 heteroatoms. The number of amides is 1. The third kappa shape index (κ3) is 2.65. The molecule has 2 aromatic rings. The van der Waals surface area contributed by atoms with Crippen molar-refractivity contribution in [3.05, 3.63) is 35.2 Å². The zero-order chi connectivity index (χ0) is 17.3. The minimum absolute atomic E-state index is 0.0903. The molecule has 0 aromatic carbocycles. The molecule has 126 valence electrons. The van der Waals surface area contributed by atoms with Crippen LogP contribution in [0, 0.1) is 0 Å². The quantitative estimate of drug-likeness (QED) is 0.263. The summed E-state index contributed by atoms with van der Waals surface area (Å²) in [5.74, 6) is -0.422. The summed E-state index contributed by atoms with van der Waals surface area (Å²) in [6, 6.07) is 3.00. The van der Waals surface area contributed by atoms with Crippen molar-refractivity contribution in [2.75, 3.05) is 19.1 Å². The van der Waals surface area contributed by atoms with Gasteiger partial charge >= 0.3 is 5.97 Å². The van der Waals surface area contributed by atoms with E-state index in [1.807, 2.05) is 0 Å². The lowest BCUT2D eigenvalue weighted by molar-refractivity contribution is -0.132. The van der Waals surface area contributed by atoms with Gasteiger partial charge < -0.3 is 14.0 Å². The topological polar surface area (TPSA) is 94.2 Å². The van der Waals surface area contributed by atoms with Crippen molar-refractivity contribution in [1.82, 2.24) is 4.98 Å². The number of furan rings is 1. The van der Waals surface area contributed by atoms with Crippen LogP contribution in [0.1, 0.15) is 17.5 Å². The first-order chi connectivity index (χ1) is 11.6. The van der Waals surface area contributed by atoms with E-state index in [-0.39, 0.29) is 17.3 Å². The van der Waals surface area contributed by atoms with Crippen molar-refractivity contribution in [3.63, 3.8) is 0 Å². The van der Waals surface area contributed by atoms with E-state index in [2.05, 4.69) is 19.7 Å². The van der Waals surface area contributed by atoms with Crippen molar-refractivity contribution in [1.29, 1.82) is 0 Å². The number of ether oxygens (including phenoxy) is 1. The molecule has 1 aliphatic rings. The number of hydrogen-bond donors (Lipinski definition) is 0. The van der Waals surface area contributed by atoms with Crippen LogP contribution in [-0.2, 0) is 19.2 Å². The van der Waals surface area contributed by atoms with E-state index in [0.717, 1.165) is 0 Å². The number of aromatic nitrogens is 1. The number of alkyl halides is 1. The smallest absolute Gasteiger partial charge is 0.362 e. The van der Waals surface area contributed by atoms with Crippen molar-refractivity contribution in [3.8, 4) is 0 Å². The van der Waals surface area contributed by atoms with Crippen LogP contribution >= 0.6 is 22.9 Å². The van der Waals surface area contributed by atoms with Gasteiger partial charge in [0.25, 0.3) is 0 Å². The third-order valence-electron chi connectivity index (χ3n) is 3.37. The maximum atomic E-state index is 12.1. The van der Waals surface area contributed by atoms with Crippen molar-refractivity contribution in [2.24, 2.45) is 5.16 Å². The van der Waals surface area contributed by atoms with E-state index in [1.165, 1.54) is 36.7 Å². The zero-order valence-corrected chi connectivity index (χ0v) is 14.2. The first-order valence-electron chi connectivity index (χ1n) is 6.74. The molecule has 1 saturated heterocycles. The number of rotatable bonds is 5. The zero-order valence-electron chi connectivity index (χ0n) is 12.6. The lowest BCUT2D eigenvalue weighted by Crippen LogP contribution is -2.56. The first kappa shape index (κ1) is 16.5. The van der Waals surface area contributed by atoms with Gasteiger partial charge in [0.2, 0.25) is 11.6 Å². The molecule has 0 saturated carbocycles. The minimum Gasteiger partial charge on any atom is -0.467 e. The second kappa shape index (κ2) is 6.62. The monoisotopic (exact) mass is 369 g/mol.